The predicted molar refractivity (Wildman–Crippen MR) is 240 cm³/mol. The molecule has 0 fully saturated rings. The van der Waals surface area contributed by atoms with Crippen LogP contribution in [0.15, 0.2) is 35.4 Å². The molecule has 0 aromatic heterocycles. The maximum Gasteiger partial charge on any atom is 0.211 e. The summed E-state index contributed by atoms with van der Waals surface area (Å²) < 4.78 is 1.70. The molecule has 0 radical (unpaired) electrons. The van der Waals surface area contributed by atoms with Gasteiger partial charge in [-0.25, -0.2) is 4.70 Å². The number of hydrogen-bond acceptors (Lipinski definition) is 0. The Labute approximate surface area is 355 Å². The molecule has 0 atom stereocenters. The van der Waals surface area contributed by atoms with Gasteiger partial charge in [-0.3, -0.25) is 0 Å². The number of aryl methyl sites for hydroxylation is 4. The fourth-order valence-electron chi connectivity index (χ4n) is 9.00. The minimum atomic E-state index is 0. The minimum Gasteiger partial charge on any atom is -0.493 e. The zero-order chi connectivity index (χ0) is 39.1. The molecule has 0 amide bonds. The Kier molecular flexibility index (Phi) is 25.6. The van der Waals surface area contributed by atoms with E-state index in [9.17, 15) is 5.53 Å². The molecule has 0 saturated heterocycles. The van der Waals surface area contributed by atoms with Crippen molar-refractivity contribution in [2.24, 2.45) is 0 Å². The fraction of sp³-hybridized carbons (Fsp3) is 0.692. The number of nitrogens with zero attached hydrogens (tertiary/aromatic N) is 2. The average Bonchev–Trinajstić information content (AvgIpc) is 3.46. The third-order valence-corrected chi connectivity index (χ3v) is 12.2. The van der Waals surface area contributed by atoms with Crippen LogP contribution in [-0.2, 0) is 58.9 Å². The number of rotatable bonds is 30. The van der Waals surface area contributed by atoms with Crippen LogP contribution >= 0.6 is 0 Å². The van der Waals surface area contributed by atoms with Gasteiger partial charge >= 0.3 is 0 Å². The summed E-state index contributed by atoms with van der Waals surface area (Å²) in [5.41, 5.74) is 29.7. The van der Waals surface area contributed by atoms with Crippen molar-refractivity contribution in [3.8, 4) is 0 Å². The Hall–Kier alpha value is -1.82. The summed E-state index contributed by atoms with van der Waals surface area (Å²) in [7, 11) is 0. The van der Waals surface area contributed by atoms with E-state index in [0.717, 1.165) is 49.9 Å². The van der Waals surface area contributed by atoms with Crippen molar-refractivity contribution >= 4 is 11.4 Å². The van der Waals surface area contributed by atoms with E-state index in [2.05, 4.69) is 79.7 Å². The average molecular weight is 844 g/mol. The van der Waals surface area contributed by atoms with E-state index < -0.39 is 0 Å². The molecule has 0 saturated carbocycles. The van der Waals surface area contributed by atoms with Gasteiger partial charge in [0.05, 0.1) is 0 Å². The first-order chi connectivity index (χ1) is 26.4. The molecule has 1 aliphatic rings. The summed E-state index contributed by atoms with van der Waals surface area (Å²) in [4.78, 5) is 0. The molecule has 0 N–H and O–H groups in total. The second kappa shape index (κ2) is 28.6. The van der Waals surface area contributed by atoms with Crippen LogP contribution in [0.2, 0.25) is 0 Å². The Morgan fingerprint density at radius 3 is 1.00 bits per heavy atom. The minimum absolute atomic E-state index is 0. The maximum absolute atomic E-state index is 12.8. The van der Waals surface area contributed by atoms with Gasteiger partial charge in [0.2, 0.25) is 11.4 Å². The van der Waals surface area contributed by atoms with Crippen LogP contribution in [0.25, 0.3) is 16.9 Å². The molecule has 1 aliphatic heterocycles. The van der Waals surface area contributed by atoms with E-state index in [1.54, 1.807) is 38.1 Å². The molecule has 2 aromatic carbocycles. The summed E-state index contributed by atoms with van der Waals surface area (Å²) >= 11 is 0. The zero-order valence-electron chi connectivity index (χ0n) is 37.3. The van der Waals surface area contributed by atoms with Gasteiger partial charge in [0.25, 0.3) is 0 Å². The third kappa shape index (κ3) is 14.8. The molecule has 2 aromatic rings. The monoisotopic (exact) mass is 843 g/mol. The van der Waals surface area contributed by atoms with Crippen LogP contribution in [-0.4, -0.2) is 4.70 Å². The third-order valence-electron chi connectivity index (χ3n) is 12.2. The molecule has 0 unspecified atom stereocenters. The van der Waals surface area contributed by atoms with Gasteiger partial charge in [0.1, 0.15) is 0 Å². The van der Waals surface area contributed by atoms with Crippen LogP contribution in [0.3, 0.4) is 0 Å². The molecule has 0 spiro atoms. The first kappa shape index (κ1) is 49.3. The zero-order valence-corrected chi connectivity index (χ0v) is 38.9. The predicted octanol–water partition coefficient (Wildman–Crippen LogP) is 16.9. The number of benzene rings is 2. The fourth-order valence-corrected chi connectivity index (χ4v) is 9.00. The van der Waals surface area contributed by atoms with Crippen molar-refractivity contribution in [1.82, 2.24) is 0 Å². The molecule has 3 heteroatoms. The molecule has 0 aliphatic carbocycles. The molecule has 3 rings (SSSR count). The van der Waals surface area contributed by atoms with Gasteiger partial charge in [-0.2, -0.15) is 0 Å². The first-order valence-corrected chi connectivity index (χ1v) is 23.7. The Balaban J connectivity index is 0.0000105. The quantitative estimate of drug-likeness (QED) is 0.0425. The van der Waals surface area contributed by atoms with Gasteiger partial charge in [-0.1, -0.05) is 139 Å². The van der Waals surface area contributed by atoms with Crippen LogP contribution < -0.4 is 0 Å². The molecule has 55 heavy (non-hydrogen) atoms. The molecular weight excluding hydrogens is 759 g/mol. The molecular formula is C52H84N2Pd. The maximum atomic E-state index is 12.8. The van der Waals surface area contributed by atoms with Gasteiger partial charge in [0.15, 0.2) is 0 Å². The van der Waals surface area contributed by atoms with Crippen molar-refractivity contribution in [2.75, 3.05) is 0 Å². The van der Waals surface area contributed by atoms with Gasteiger partial charge in [-0.15, -0.1) is 0 Å². The van der Waals surface area contributed by atoms with Crippen molar-refractivity contribution in [2.45, 2.75) is 235 Å². The summed E-state index contributed by atoms with van der Waals surface area (Å²) in [5, 5.41) is 0. The summed E-state index contributed by atoms with van der Waals surface area (Å²) in [6.07, 6.45) is 33.9. The van der Waals surface area contributed by atoms with Crippen LogP contribution in [0.1, 0.15) is 241 Å². The second-order valence-corrected chi connectivity index (χ2v) is 16.7. The van der Waals surface area contributed by atoms with Crippen LogP contribution in [0.5, 0.6) is 0 Å². The van der Waals surface area contributed by atoms with Crippen LogP contribution in [0.4, 0.5) is 0 Å². The molecule has 1 heterocycles. The largest absolute Gasteiger partial charge is 0.493 e. The van der Waals surface area contributed by atoms with E-state index in [1.165, 1.54) is 164 Å². The summed E-state index contributed by atoms with van der Waals surface area (Å²) in [5.74, 6) is 0. The molecule has 312 valence electrons. The Morgan fingerprint density at radius 2 is 0.673 bits per heavy atom. The van der Waals surface area contributed by atoms with Crippen LogP contribution in [0, 0.1) is 0 Å². The Morgan fingerprint density at radius 1 is 0.364 bits per heavy atom. The van der Waals surface area contributed by atoms with Gasteiger partial charge < -0.3 is 5.53 Å². The van der Waals surface area contributed by atoms with Crippen molar-refractivity contribution in [3.63, 3.8) is 0 Å². The SMILES string of the molecule is CCCCCCC1=C(c2cc(CCCCC)c(CCCC)c(CCCCC)c2)[N+](=[N-])C(c2cc(CCCCC)c(CCCC)c(CCCCC)c2)=C1CC.[Pd]. The number of allylic oxidation sites excluding steroid dienone is 2. The summed E-state index contributed by atoms with van der Waals surface area (Å²) in [6.45, 7) is 18.6. The van der Waals surface area contributed by atoms with E-state index in [0.29, 0.717) is 0 Å². The normalized spacial score (nSPS) is 13.1. The number of unbranched alkanes of at least 4 members (excludes halogenated alkanes) is 13. The van der Waals surface area contributed by atoms with Crippen molar-refractivity contribution < 1.29 is 25.1 Å². The van der Waals surface area contributed by atoms with E-state index in [-0.39, 0.29) is 20.4 Å². The Bertz CT molecular complexity index is 1410. The van der Waals surface area contributed by atoms with E-state index >= 15 is 0 Å². The molecule has 0 bridgehead atoms. The van der Waals surface area contributed by atoms with E-state index in [4.69, 9.17) is 0 Å². The van der Waals surface area contributed by atoms with Gasteiger partial charge in [0, 0.05) is 42.7 Å². The smallest absolute Gasteiger partial charge is 0.211 e. The van der Waals surface area contributed by atoms with Crippen molar-refractivity contribution in [1.29, 1.82) is 0 Å². The topological polar surface area (TPSA) is 25.3 Å². The number of hydrogen-bond donors (Lipinski definition) is 0. The summed E-state index contributed by atoms with van der Waals surface area (Å²) in [6, 6.07) is 10.1. The van der Waals surface area contributed by atoms with Gasteiger partial charge in [-0.05, 0) is 154 Å². The van der Waals surface area contributed by atoms with Crippen molar-refractivity contribution in [3.05, 3.63) is 85.5 Å². The second-order valence-electron chi connectivity index (χ2n) is 16.7. The standard InChI is InChI=1S/C52H84N2.Pd/c1-9-17-24-29-36-50-47(16-8)51(45-37-41(30-25-18-10-2)48(34-22-14-6)42(38-45)31-26-19-11-3)54(53)52(50)46-39-43(32-27-20-12-4)49(35-23-15-7)44(40-46)33-28-21-13-5;/h37-40H,9-36H2,1-8H3;. The molecule has 2 nitrogen and oxygen atoms in total. The van der Waals surface area contributed by atoms with E-state index in [1.807, 2.05) is 0 Å². The first-order valence-electron chi connectivity index (χ1n) is 23.7.